The number of carbonyl (C=O) groups excluding carboxylic acids is 1. The Balaban J connectivity index is 2.27. The second kappa shape index (κ2) is 8.83. The molecule has 4 N–H and O–H groups in total. The molecule has 0 spiro atoms. The minimum absolute atomic E-state index is 1.03. The zero-order valence-electron chi connectivity index (χ0n) is 15.1. The third-order valence-electron chi connectivity index (χ3n) is 4.67. The number of hydrogen-bond acceptors (Lipinski definition) is 12. The van der Waals surface area contributed by atoms with Gasteiger partial charge in [0.15, 0.2) is 12.6 Å². The minimum Gasteiger partial charge on any atom is -0.547 e. The van der Waals surface area contributed by atoms with Gasteiger partial charge in [-0.25, -0.2) is 4.18 Å². The van der Waals surface area contributed by atoms with E-state index in [1.165, 1.54) is 21.0 Å². The quantitative estimate of drug-likeness (QED) is 0.298. The Kier molecular flexibility index (Phi) is 7.36. The van der Waals surface area contributed by atoms with Crippen LogP contribution in [0.1, 0.15) is 13.8 Å². The zero-order chi connectivity index (χ0) is 21.4. The van der Waals surface area contributed by atoms with Gasteiger partial charge in [-0.1, -0.05) is 6.92 Å². The number of aliphatic carboxylic acids is 1. The molecule has 0 amide bonds. The first-order valence-corrected chi connectivity index (χ1v) is 9.63. The highest BCUT2D eigenvalue weighted by Crippen LogP contribution is 2.32. The lowest BCUT2D eigenvalue weighted by atomic mass is 9.90. The molecule has 3 unspecified atom stereocenters. The Morgan fingerprint density at radius 3 is 2.11 bits per heavy atom. The smallest absolute Gasteiger partial charge is 0.397 e. The number of carbonyl (C=O) groups is 1. The van der Waals surface area contributed by atoms with Crippen molar-refractivity contribution in [1.82, 2.24) is 0 Å². The van der Waals surface area contributed by atoms with Gasteiger partial charge in [0, 0.05) is 13.0 Å². The van der Waals surface area contributed by atoms with Gasteiger partial charge in [-0.2, -0.15) is 8.42 Å². The fourth-order valence-electron chi connectivity index (χ4n) is 3.16. The van der Waals surface area contributed by atoms with E-state index in [1.54, 1.807) is 0 Å². The molecular formula is C14H23O13S-. The number of rotatable bonds is 6. The van der Waals surface area contributed by atoms with Gasteiger partial charge in [0.2, 0.25) is 0 Å². The predicted octanol–water partition coefficient (Wildman–Crippen LogP) is -3.86. The van der Waals surface area contributed by atoms with Crippen molar-refractivity contribution in [3.63, 3.8) is 0 Å². The molecule has 28 heavy (non-hydrogen) atoms. The van der Waals surface area contributed by atoms with Crippen LogP contribution in [-0.4, -0.2) is 96.7 Å². The van der Waals surface area contributed by atoms with Gasteiger partial charge in [-0.05, 0) is 6.92 Å². The van der Waals surface area contributed by atoms with E-state index in [4.69, 9.17) is 23.5 Å². The SMILES string of the molecule is COC1OC(C)[C@H](O[C@@H]2OC(C(=O)[O-])[C@@H](C)[C@@H](O)[C@@H]2O)[C@H](OS(=O)(=O)O)[C@@H]1O. The molecule has 0 radical (unpaired) electrons. The van der Waals surface area contributed by atoms with E-state index in [0.29, 0.717) is 0 Å². The van der Waals surface area contributed by atoms with Gasteiger partial charge < -0.3 is 44.2 Å². The molecular weight excluding hydrogens is 408 g/mol. The molecule has 0 bridgehead atoms. The fraction of sp³-hybridized carbons (Fsp3) is 0.929. The summed E-state index contributed by atoms with van der Waals surface area (Å²) in [4.78, 5) is 11.2. The van der Waals surface area contributed by atoms with Crippen molar-refractivity contribution in [2.75, 3.05) is 7.11 Å². The van der Waals surface area contributed by atoms with Crippen LogP contribution in [0.15, 0.2) is 0 Å². The summed E-state index contributed by atoms with van der Waals surface area (Å²) in [5, 5.41) is 41.6. The van der Waals surface area contributed by atoms with Gasteiger partial charge in [0.05, 0.1) is 18.2 Å². The van der Waals surface area contributed by atoms with E-state index in [0.717, 1.165) is 0 Å². The molecule has 2 aliphatic heterocycles. The monoisotopic (exact) mass is 431 g/mol. The summed E-state index contributed by atoms with van der Waals surface area (Å²) in [5.74, 6) is -2.70. The highest BCUT2D eigenvalue weighted by atomic mass is 32.3. The molecule has 14 heteroatoms. The third kappa shape index (κ3) is 4.96. The molecule has 2 rings (SSSR count). The van der Waals surface area contributed by atoms with E-state index in [2.05, 4.69) is 4.18 Å². The lowest BCUT2D eigenvalue weighted by Crippen LogP contribution is -2.64. The van der Waals surface area contributed by atoms with Gasteiger partial charge in [0.1, 0.15) is 30.5 Å². The van der Waals surface area contributed by atoms with Crippen LogP contribution in [0.4, 0.5) is 0 Å². The van der Waals surface area contributed by atoms with Crippen LogP contribution >= 0.6 is 0 Å². The molecule has 2 fully saturated rings. The lowest BCUT2D eigenvalue weighted by molar-refractivity contribution is -0.363. The number of carboxylic acid groups (broad SMARTS) is 1. The Hall–Kier alpha value is -0.940. The van der Waals surface area contributed by atoms with Crippen molar-refractivity contribution < 1.29 is 61.3 Å². The lowest BCUT2D eigenvalue weighted by Gasteiger charge is -2.46. The van der Waals surface area contributed by atoms with Crippen molar-refractivity contribution >= 4 is 16.4 Å². The summed E-state index contributed by atoms with van der Waals surface area (Å²) in [6.07, 6.45) is -14.1. The molecule has 164 valence electrons. The maximum absolute atomic E-state index is 11.2. The van der Waals surface area contributed by atoms with E-state index < -0.39 is 77.6 Å². The summed E-state index contributed by atoms with van der Waals surface area (Å²) in [7, 11) is -3.88. The average molecular weight is 431 g/mol. The van der Waals surface area contributed by atoms with Gasteiger partial charge in [-0.15, -0.1) is 0 Å². The third-order valence-corrected chi connectivity index (χ3v) is 5.13. The van der Waals surface area contributed by atoms with Crippen LogP contribution in [0.25, 0.3) is 0 Å². The number of carboxylic acids is 1. The summed E-state index contributed by atoms with van der Waals surface area (Å²) >= 11 is 0. The highest BCUT2D eigenvalue weighted by Gasteiger charge is 2.51. The Morgan fingerprint density at radius 2 is 1.61 bits per heavy atom. The first kappa shape index (κ1) is 23.3. The summed E-state index contributed by atoms with van der Waals surface area (Å²) < 4.78 is 56.5. The molecule has 0 aliphatic carbocycles. The van der Waals surface area contributed by atoms with E-state index >= 15 is 0 Å². The van der Waals surface area contributed by atoms with E-state index in [9.17, 15) is 33.6 Å². The molecule has 13 nitrogen and oxygen atoms in total. The Bertz CT molecular complexity index is 654. The molecule has 10 atom stereocenters. The first-order valence-electron chi connectivity index (χ1n) is 8.27. The first-order chi connectivity index (χ1) is 12.9. The summed E-state index contributed by atoms with van der Waals surface area (Å²) in [5.41, 5.74) is 0. The number of hydrogen-bond donors (Lipinski definition) is 4. The van der Waals surface area contributed by atoms with E-state index in [-0.39, 0.29) is 0 Å². The van der Waals surface area contributed by atoms with Crippen molar-refractivity contribution in [2.45, 2.75) is 69.2 Å². The van der Waals surface area contributed by atoms with Gasteiger partial charge in [-0.3, -0.25) is 4.55 Å². The second-order valence-corrected chi connectivity index (χ2v) is 7.66. The highest BCUT2D eigenvalue weighted by molar-refractivity contribution is 7.80. The molecule has 0 aromatic rings. The zero-order valence-corrected chi connectivity index (χ0v) is 16.0. The number of ether oxygens (including phenoxy) is 4. The maximum atomic E-state index is 11.2. The van der Waals surface area contributed by atoms with Crippen molar-refractivity contribution in [3.8, 4) is 0 Å². The molecule has 2 aliphatic rings. The fourth-order valence-corrected chi connectivity index (χ4v) is 3.66. The van der Waals surface area contributed by atoms with Crippen molar-refractivity contribution in [1.29, 1.82) is 0 Å². The summed E-state index contributed by atoms with van der Waals surface area (Å²) in [6, 6.07) is 0. The van der Waals surface area contributed by atoms with Crippen LogP contribution in [0.3, 0.4) is 0 Å². The van der Waals surface area contributed by atoms with Gasteiger partial charge in [0.25, 0.3) is 0 Å². The normalized spacial score (nSPS) is 45.0. The number of aliphatic hydroxyl groups is 3. The Morgan fingerprint density at radius 1 is 1.00 bits per heavy atom. The van der Waals surface area contributed by atoms with E-state index in [1.807, 2.05) is 0 Å². The largest absolute Gasteiger partial charge is 0.547 e. The standard InChI is InChI=1S/C14H24O13S/c1-4-6(15)7(16)14(25-9(4)12(18)19)26-10-5(2)24-13(23-3)8(17)11(10)27-28(20,21)22/h4-11,13-17H,1-3H3,(H,18,19)(H,20,21,22)/p-1/t4-,5?,6+,7-,8-,9?,10-,11+,13?,14-/m0/s1. The topological polar surface area (TPSA) is 201 Å². The molecule has 0 saturated carbocycles. The minimum atomic E-state index is -5.05. The number of methoxy groups -OCH3 is 1. The molecule has 2 heterocycles. The average Bonchev–Trinajstić information content (AvgIpc) is 2.59. The van der Waals surface area contributed by atoms with Crippen LogP contribution in [0.2, 0.25) is 0 Å². The summed E-state index contributed by atoms with van der Waals surface area (Å²) in [6.45, 7) is 2.70. The molecule has 2 saturated heterocycles. The van der Waals surface area contributed by atoms with Crippen LogP contribution in [0, 0.1) is 5.92 Å². The van der Waals surface area contributed by atoms with Crippen LogP contribution in [-0.2, 0) is 38.3 Å². The van der Waals surface area contributed by atoms with Crippen molar-refractivity contribution in [2.24, 2.45) is 5.92 Å². The number of aliphatic hydroxyl groups excluding tert-OH is 3. The van der Waals surface area contributed by atoms with Crippen LogP contribution < -0.4 is 5.11 Å². The van der Waals surface area contributed by atoms with Crippen LogP contribution in [0.5, 0.6) is 0 Å². The molecule has 0 aromatic carbocycles. The predicted molar refractivity (Wildman–Crippen MR) is 83.5 cm³/mol. The second-order valence-electron chi connectivity index (χ2n) is 6.61. The maximum Gasteiger partial charge on any atom is 0.397 e. The Labute approximate surface area is 160 Å². The van der Waals surface area contributed by atoms with Gasteiger partial charge >= 0.3 is 10.4 Å². The van der Waals surface area contributed by atoms with Crippen molar-refractivity contribution in [3.05, 3.63) is 0 Å². The molecule has 0 aromatic heterocycles.